The Morgan fingerprint density at radius 3 is 2.34 bits per heavy atom. The van der Waals surface area contributed by atoms with Gasteiger partial charge < -0.3 is 14.5 Å². The highest BCUT2D eigenvalue weighted by molar-refractivity contribution is 5.80. The van der Waals surface area contributed by atoms with Gasteiger partial charge in [0, 0.05) is 12.6 Å². The molecule has 0 N–H and O–H groups in total. The van der Waals surface area contributed by atoms with E-state index in [1.807, 2.05) is 6.92 Å². The summed E-state index contributed by atoms with van der Waals surface area (Å²) in [5, 5.41) is 0.405. The molecule has 4 aromatic rings. The quantitative estimate of drug-likeness (QED) is 0.170. The number of ether oxygens (including phenoxy) is 1. The summed E-state index contributed by atoms with van der Waals surface area (Å²) < 4.78 is 61.7. The molecule has 1 unspecified atom stereocenters. The maximum atomic E-state index is 14.1. The second-order valence-corrected chi connectivity index (χ2v) is 12.3. The van der Waals surface area contributed by atoms with E-state index in [0.717, 1.165) is 32.0 Å². The van der Waals surface area contributed by atoms with E-state index in [2.05, 4.69) is 18.7 Å². The van der Waals surface area contributed by atoms with Crippen molar-refractivity contribution >= 4 is 16.8 Å². The number of fused-ring (bicyclic) bond motifs is 1. The molecule has 0 spiro atoms. The molecule has 0 radical (unpaired) electrons. The average Bonchev–Trinajstić information content (AvgIpc) is 3.04. The molecular formula is C36H40F4N4O3. The van der Waals surface area contributed by atoms with Crippen molar-refractivity contribution < 1.29 is 27.1 Å². The average molecular weight is 653 g/mol. The number of piperidine rings is 1. The Balaban J connectivity index is 1.57. The Morgan fingerprint density at radius 2 is 1.70 bits per heavy atom. The minimum Gasteiger partial charge on any atom is -0.494 e. The van der Waals surface area contributed by atoms with Crippen LogP contribution >= 0.6 is 0 Å². The molecule has 0 saturated carbocycles. The number of likely N-dealkylation sites (tertiary alicyclic amines) is 1. The lowest BCUT2D eigenvalue weighted by Crippen LogP contribution is -2.45. The van der Waals surface area contributed by atoms with E-state index >= 15 is 0 Å². The van der Waals surface area contributed by atoms with Gasteiger partial charge in [0.2, 0.25) is 5.91 Å². The second-order valence-electron chi connectivity index (χ2n) is 12.3. The lowest BCUT2D eigenvalue weighted by atomic mass is 9.94. The van der Waals surface area contributed by atoms with Crippen LogP contribution in [0.4, 0.5) is 17.6 Å². The van der Waals surface area contributed by atoms with E-state index in [9.17, 15) is 27.2 Å². The zero-order valence-corrected chi connectivity index (χ0v) is 27.1. The number of rotatable bonds is 10. The fraction of sp³-hybridized carbons (Fsp3) is 0.417. The van der Waals surface area contributed by atoms with Gasteiger partial charge in [0.05, 0.1) is 41.2 Å². The van der Waals surface area contributed by atoms with Gasteiger partial charge >= 0.3 is 6.18 Å². The van der Waals surface area contributed by atoms with Crippen molar-refractivity contribution in [1.29, 1.82) is 0 Å². The third-order valence-corrected chi connectivity index (χ3v) is 8.89. The van der Waals surface area contributed by atoms with Gasteiger partial charge in [0.25, 0.3) is 5.56 Å². The summed E-state index contributed by atoms with van der Waals surface area (Å²) in [5.41, 5.74) is -0.681. The van der Waals surface area contributed by atoms with Gasteiger partial charge in [0.1, 0.15) is 17.4 Å². The number of hydrogen-bond acceptors (Lipinski definition) is 5. The van der Waals surface area contributed by atoms with Gasteiger partial charge in [-0.1, -0.05) is 18.2 Å². The zero-order valence-electron chi connectivity index (χ0n) is 27.1. The van der Waals surface area contributed by atoms with E-state index in [4.69, 9.17) is 9.72 Å². The number of amides is 1. The predicted molar refractivity (Wildman–Crippen MR) is 173 cm³/mol. The summed E-state index contributed by atoms with van der Waals surface area (Å²) in [7, 11) is 0. The number of alkyl halides is 3. The normalized spacial score (nSPS) is 15.3. The first kappa shape index (κ1) is 34.1. The fourth-order valence-corrected chi connectivity index (χ4v) is 6.26. The van der Waals surface area contributed by atoms with E-state index in [0.29, 0.717) is 53.4 Å². The third-order valence-electron chi connectivity index (χ3n) is 8.89. The number of carbonyl (C=O) groups is 1. The summed E-state index contributed by atoms with van der Waals surface area (Å²) in [4.78, 5) is 37.1. The van der Waals surface area contributed by atoms with Crippen LogP contribution in [0.15, 0.2) is 71.5 Å². The molecule has 7 nitrogen and oxygen atoms in total. The predicted octanol–water partition coefficient (Wildman–Crippen LogP) is 7.20. The zero-order chi connectivity index (χ0) is 33.9. The van der Waals surface area contributed by atoms with Gasteiger partial charge in [-0.05, 0) is 114 Å². The first-order chi connectivity index (χ1) is 22.4. The summed E-state index contributed by atoms with van der Waals surface area (Å²) in [6, 6.07) is 16.3. The monoisotopic (exact) mass is 652 g/mol. The lowest BCUT2D eigenvalue weighted by Gasteiger charge is -2.38. The van der Waals surface area contributed by atoms with Crippen LogP contribution in [0, 0.1) is 11.7 Å². The Labute approximate surface area is 271 Å². The van der Waals surface area contributed by atoms with Crippen molar-refractivity contribution in [3.8, 4) is 11.4 Å². The largest absolute Gasteiger partial charge is 0.494 e. The van der Waals surface area contributed by atoms with Crippen molar-refractivity contribution in [3.05, 3.63) is 99.9 Å². The van der Waals surface area contributed by atoms with Gasteiger partial charge in [-0.3, -0.25) is 14.2 Å². The number of hydrogen-bond donors (Lipinski definition) is 0. The summed E-state index contributed by atoms with van der Waals surface area (Å²) in [6.07, 6.45) is -3.61. The maximum absolute atomic E-state index is 14.1. The molecule has 1 aliphatic heterocycles. The van der Waals surface area contributed by atoms with E-state index in [1.54, 1.807) is 60.4 Å². The molecule has 5 rings (SSSR count). The first-order valence-corrected chi connectivity index (χ1v) is 16.0. The van der Waals surface area contributed by atoms with E-state index in [1.165, 1.54) is 10.6 Å². The van der Waals surface area contributed by atoms with Crippen LogP contribution in [0.1, 0.15) is 63.5 Å². The Bertz CT molecular complexity index is 1760. The molecule has 250 valence electrons. The van der Waals surface area contributed by atoms with Crippen molar-refractivity contribution in [1.82, 2.24) is 19.4 Å². The van der Waals surface area contributed by atoms with Crippen LogP contribution < -0.4 is 10.3 Å². The van der Waals surface area contributed by atoms with Gasteiger partial charge in [-0.25, -0.2) is 9.37 Å². The maximum Gasteiger partial charge on any atom is 0.419 e. The van der Waals surface area contributed by atoms with Crippen LogP contribution in [-0.2, 0) is 17.4 Å². The highest BCUT2D eigenvalue weighted by atomic mass is 19.4. The molecule has 3 aromatic carbocycles. The Morgan fingerprint density at radius 1 is 1.02 bits per heavy atom. The summed E-state index contributed by atoms with van der Waals surface area (Å²) >= 11 is 0. The number of benzene rings is 3. The smallest absolute Gasteiger partial charge is 0.419 e. The minimum absolute atomic E-state index is 0.0472. The number of nitrogens with zero attached hydrogens (tertiary/aromatic N) is 4. The standard InChI is InChI=1S/C36H40F4N4O3/c1-5-47-28-13-11-27(12-14-28)44-34(41-32-9-7-6-8-29(32)35(44)46)24(4)43(22-25-16-18-42(19-17-25)23(2)3)33(45)21-26-10-15-31(37)30(20-26)36(38,39)40/h6-15,20,23-25H,5,16-19,21-22H2,1-4H3. The summed E-state index contributed by atoms with van der Waals surface area (Å²) in [6.45, 7) is 10.5. The number of halogens is 4. The first-order valence-electron chi connectivity index (χ1n) is 16.0. The molecule has 1 saturated heterocycles. The minimum atomic E-state index is -4.90. The molecule has 2 heterocycles. The van der Waals surface area contributed by atoms with Crippen LogP contribution in [0.3, 0.4) is 0 Å². The molecule has 1 fully saturated rings. The molecule has 1 atom stereocenters. The van der Waals surface area contributed by atoms with Crippen molar-refractivity contribution in [2.75, 3.05) is 26.2 Å². The van der Waals surface area contributed by atoms with E-state index < -0.39 is 29.5 Å². The van der Waals surface area contributed by atoms with Crippen molar-refractivity contribution in [2.24, 2.45) is 5.92 Å². The van der Waals surface area contributed by atoms with Crippen molar-refractivity contribution in [3.63, 3.8) is 0 Å². The van der Waals surface area contributed by atoms with E-state index in [-0.39, 0.29) is 23.5 Å². The molecule has 0 aliphatic carbocycles. The van der Waals surface area contributed by atoms with Gasteiger partial charge in [0.15, 0.2) is 0 Å². The van der Waals surface area contributed by atoms with Crippen LogP contribution in [0.5, 0.6) is 5.75 Å². The third kappa shape index (κ3) is 7.67. The molecule has 1 amide bonds. The van der Waals surface area contributed by atoms with Crippen molar-refractivity contribution in [2.45, 2.75) is 65.2 Å². The molecular weight excluding hydrogens is 612 g/mol. The van der Waals surface area contributed by atoms with Gasteiger partial charge in [-0.15, -0.1) is 0 Å². The Kier molecular flexibility index (Phi) is 10.3. The fourth-order valence-electron chi connectivity index (χ4n) is 6.26. The highest BCUT2D eigenvalue weighted by Crippen LogP contribution is 2.33. The molecule has 1 aliphatic rings. The van der Waals surface area contributed by atoms with Gasteiger partial charge in [-0.2, -0.15) is 13.2 Å². The number of carbonyl (C=O) groups excluding carboxylic acids is 1. The number of aromatic nitrogens is 2. The SMILES string of the molecule is CCOc1ccc(-n2c(C(C)N(CC3CCN(C(C)C)CC3)C(=O)Cc3ccc(F)c(C(F)(F)F)c3)nc3ccccc3c2=O)cc1. The lowest BCUT2D eigenvalue weighted by molar-refractivity contribution is -0.140. The number of para-hydroxylation sites is 1. The Hall–Kier alpha value is -4.25. The molecule has 1 aromatic heterocycles. The van der Waals surface area contributed by atoms with Crippen LogP contribution in [-0.4, -0.2) is 57.5 Å². The van der Waals surface area contributed by atoms with Crippen LogP contribution in [0.25, 0.3) is 16.6 Å². The topological polar surface area (TPSA) is 67.7 Å². The molecule has 11 heteroatoms. The highest BCUT2D eigenvalue weighted by Gasteiger charge is 2.35. The summed E-state index contributed by atoms with van der Waals surface area (Å²) in [5.74, 6) is -0.753. The molecule has 47 heavy (non-hydrogen) atoms. The second kappa shape index (κ2) is 14.3. The molecule has 0 bridgehead atoms. The van der Waals surface area contributed by atoms with Crippen LogP contribution in [0.2, 0.25) is 0 Å².